The van der Waals surface area contributed by atoms with Crippen molar-refractivity contribution < 1.29 is 0 Å². The van der Waals surface area contributed by atoms with Gasteiger partial charge in [0.15, 0.2) is 11.8 Å². The number of guanidine groups is 1. The van der Waals surface area contributed by atoms with Crippen LogP contribution in [0, 0.1) is 6.92 Å². The number of aromatic nitrogens is 3. The zero-order valence-corrected chi connectivity index (χ0v) is 10.6. The number of nitrogens with one attached hydrogen (secondary N) is 2. The summed E-state index contributed by atoms with van der Waals surface area (Å²) in [6.45, 7) is 6.68. The van der Waals surface area contributed by atoms with Crippen LogP contribution in [0.15, 0.2) is 4.99 Å². The lowest BCUT2D eigenvalue weighted by atomic mass is 10.4. The van der Waals surface area contributed by atoms with E-state index in [1.54, 1.807) is 7.05 Å². The van der Waals surface area contributed by atoms with E-state index in [4.69, 9.17) is 0 Å². The zero-order valence-electron chi connectivity index (χ0n) is 10.6. The molecule has 0 aromatic carbocycles. The summed E-state index contributed by atoms with van der Waals surface area (Å²) >= 11 is 0. The van der Waals surface area contributed by atoms with Gasteiger partial charge in [0.2, 0.25) is 0 Å². The van der Waals surface area contributed by atoms with Crippen molar-refractivity contribution in [2.45, 2.75) is 33.4 Å². The van der Waals surface area contributed by atoms with Crippen LogP contribution < -0.4 is 10.6 Å². The van der Waals surface area contributed by atoms with Crippen LogP contribution in [0.3, 0.4) is 0 Å². The summed E-state index contributed by atoms with van der Waals surface area (Å²) in [5, 5.41) is 14.5. The van der Waals surface area contributed by atoms with Crippen LogP contribution in [0.1, 0.15) is 25.5 Å². The molecule has 1 rings (SSSR count). The highest BCUT2D eigenvalue weighted by Gasteiger charge is 2.06. The minimum absolute atomic E-state index is 0.354. The molecule has 0 saturated carbocycles. The molecule has 0 bridgehead atoms. The van der Waals surface area contributed by atoms with Gasteiger partial charge in [-0.05, 0) is 20.8 Å². The van der Waals surface area contributed by atoms with Crippen LogP contribution in [0.4, 0.5) is 0 Å². The Balaban J connectivity index is 2.53. The van der Waals surface area contributed by atoms with Gasteiger partial charge in [-0.1, -0.05) is 0 Å². The second kappa shape index (κ2) is 5.48. The van der Waals surface area contributed by atoms with Gasteiger partial charge in [0, 0.05) is 20.1 Å². The van der Waals surface area contributed by atoms with Crippen LogP contribution in [-0.4, -0.2) is 33.8 Å². The maximum atomic E-state index is 4.12. The Hall–Kier alpha value is -1.59. The second-order valence-electron chi connectivity index (χ2n) is 3.95. The lowest BCUT2D eigenvalue weighted by Gasteiger charge is -2.13. The monoisotopic (exact) mass is 224 g/mol. The highest BCUT2D eigenvalue weighted by molar-refractivity contribution is 5.79. The Morgan fingerprint density at radius 3 is 2.56 bits per heavy atom. The van der Waals surface area contributed by atoms with E-state index >= 15 is 0 Å². The summed E-state index contributed by atoms with van der Waals surface area (Å²) in [6.07, 6.45) is 0. The fourth-order valence-electron chi connectivity index (χ4n) is 1.24. The Morgan fingerprint density at radius 1 is 1.44 bits per heavy atom. The first-order valence-electron chi connectivity index (χ1n) is 5.36. The van der Waals surface area contributed by atoms with Crippen LogP contribution in [0.25, 0.3) is 0 Å². The molecule has 0 saturated heterocycles. The third-order valence-electron chi connectivity index (χ3n) is 2.25. The summed E-state index contributed by atoms with van der Waals surface area (Å²) in [5.74, 6) is 2.57. The quantitative estimate of drug-likeness (QED) is 0.568. The molecule has 0 unspecified atom stereocenters. The van der Waals surface area contributed by atoms with Crippen molar-refractivity contribution >= 4 is 5.96 Å². The van der Waals surface area contributed by atoms with E-state index in [9.17, 15) is 0 Å². The van der Waals surface area contributed by atoms with Crippen LogP contribution in [0.5, 0.6) is 0 Å². The fraction of sp³-hybridized carbons (Fsp3) is 0.700. The van der Waals surface area contributed by atoms with E-state index in [-0.39, 0.29) is 0 Å². The number of hydrogen-bond acceptors (Lipinski definition) is 3. The first kappa shape index (κ1) is 12.5. The highest BCUT2D eigenvalue weighted by atomic mass is 15.3. The molecule has 1 heterocycles. The molecule has 90 valence electrons. The number of rotatable bonds is 3. The smallest absolute Gasteiger partial charge is 0.191 e. The summed E-state index contributed by atoms with van der Waals surface area (Å²) < 4.78 is 1.95. The van der Waals surface area contributed by atoms with Crippen LogP contribution >= 0.6 is 0 Å². The van der Waals surface area contributed by atoms with Crippen LogP contribution in [0.2, 0.25) is 0 Å². The predicted octanol–water partition coefficient (Wildman–Crippen LogP) is 0.197. The van der Waals surface area contributed by atoms with E-state index in [1.165, 1.54) is 0 Å². The highest BCUT2D eigenvalue weighted by Crippen LogP contribution is 1.96. The first-order valence-corrected chi connectivity index (χ1v) is 5.36. The average Bonchev–Trinajstić information content (AvgIpc) is 2.54. The fourth-order valence-corrected chi connectivity index (χ4v) is 1.24. The molecule has 0 spiro atoms. The molecule has 2 N–H and O–H groups in total. The largest absolute Gasteiger partial charge is 0.354 e. The van der Waals surface area contributed by atoms with E-state index in [0.717, 1.165) is 17.6 Å². The van der Waals surface area contributed by atoms with Crippen molar-refractivity contribution in [3.05, 3.63) is 11.6 Å². The molecule has 0 atom stereocenters. The molecule has 1 aromatic heterocycles. The molecule has 0 aliphatic heterocycles. The average molecular weight is 224 g/mol. The lowest BCUT2D eigenvalue weighted by molar-refractivity contribution is 0.677. The summed E-state index contributed by atoms with van der Waals surface area (Å²) in [6, 6.07) is 0.354. The Labute approximate surface area is 96.2 Å². The Kier molecular flexibility index (Phi) is 4.28. The van der Waals surface area contributed by atoms with E-state index in [1.807, 2.05) is 18.5 Å². The zero-order chi connectivity index (χ0) is 12.1. The summed E-state index contributed by atoms with van der Waals surface area (Å²) in [4.78, 5) is 4.12. The van der Waals surface area contributed by atoms with Gasteiger partial charge in [-0.3, -0.25) is 4.99 Å². The molecule has 6 nitrogen and oxygen atoms in total. The van der Waals surface area contributed by atoms with Gasteiger partial charge in [-0.2, -0.15) is 0 Å². The van der Waals surface area contributed by atoms with Gasteiger partial charge in [-0.15, -0.1) is 10.2 Å². The molecule has 16 heavy (non-hydrogen) atoms. The van der Waals surface area contributed by atoms with Gasteiger partial charge >= 0.3 is 0 Å². The molecule has 0 aliphatic carbocycles. The van der Waals surface area contributed by atoms with E-state index < -0.39 is 0 Å². The molecule has 0 aliphatic rings. The Bertz CT molecular complexity index is 365. The predicted molar refractivity (Wildman–Crippen MR) is 64.2 cm³/mol. The molecule has 0 radical (unpaired) electrons. The summed E-state index contributed by atoms with van der Waals surface area (Å²) in [5.41, 5.74) is 0. The van der Waals surface area contributed by atoms with Crippen LogP contribution in [-0.2, 0) is 13.6 Å². The molecule has 1 aromatic rings. The first-order chi connectivity index (χ1) is 7.54. The van der Waals surface area contributed by atoms with Crippen molar-refractivity contribution in [1.29, 1.82) is 0 Å². The summed E-state index contributed by atoms with van der Waals surface area (Å²) in [7, 11) is 3.70. The number of aliphatic imine (C=N–C) groups is 1. The van der Waals surface area contributed by atoms with Gasteiger partial charge < -0.3 is 15.2 Å². The second-order valence-corrected chi connectivity index (χ2v) is 3.95. The number of nitrogens with zero attached hydrogens (tertiary/aromatic N) is 4. The molecular formula is C10H20N6. The topological polar surface area (TPSA) is 67.1 Å². The van der Waals surface area contributed by atoms with Gasteiger partial charge in [0.1, 0.15) is 5.82 Å². The van der Waals surface area contributed by atoms with Gasteiger partial charge in [-0.25, -0.2) is 0 Å². The molecule has 0 fully saturated rings. The standard InChI is InChI=1S/C10H20N6/c1-7(2)13-10(11-4)12-6-9-15-14-8(3)16(9)5/h7H,6H2,1-5H3,(H2,11,12,13). The van der Waals surface area contributed by atoms with E-state index in [0.29, 0.717) is 12.6 Å². The van der Waals surface area contributed by atoms with Gasteiger partial charge in [0.25, 0.3) is 0 Å². The number of aryl methyl sites for hydroxylation is 1. The minimum atomic E-state index is 0.354. The number of hydrogen-bond donors (Lipinski definition) is 2. The minimum Gasteiger partial charge on any atom is -0.354 e. The Morgan fingerprint density at radius 2 is 2.12 bits per heavy atom. The molecule has 6 heteroatoms. The lowest BCUT2D eigenvalue weighted by Crippen LogP contribution is -2.40. The van der Waals surface area contributed by atoms with Crippen molar-refractivity contribution in [1.82, 2.24) is 25.4 Å². The molecular weight excluding hydrogens is 204 g/mol. The maximum Gasteiger partial charge on any atom is 0.191 e. The van der Waals surface area contributed by atoms with Crippen molar-refractivity contribution in [3.8, 4) is 0 Å². The van der Waals surface area contributed by atoms with Crippen molar-refractivity contribution in [2.24, 2.45) is 12.0 Å². The third-order valence-corrected chi connectivity index (χ3v) is 2.25. The SMILES string of the molecule is CN=C(NCc1nnc(C)n1C)NC(C)C. The normalized spacial score (nSPS) is 12.0. The third kappa shape index (κ3) is 3.22. The van der Waals surface area contributed by atoms with Crippen molar-refractivity contribution in [2.75, 3.05) is 7.05 Å². The van der Waals surface area contributed by atoms with Gasteiger partial charge in [0.05, 0.1) is 6.54 Å². The van der Waals surface area contributed by atoms with E-state index in [2.05, 4.69) is 39.7 Å². The van der Waals surface area contributed by atoms with Crippen molar-refractivity contribution in [3.63, 3.8) is 0 Å². The molecule has 0 amide bonds. The maximum absolute atomic E-state index is 4.12.